The van der Waals surface area contributed by atoms with Crippen LogP contribution >= 0.6 is 23.6 Å². The topological polar surface area (TPSA) is 94.5 Å². The summed E-state index contributed by atoms with van der Waals surface area (Å²) < 4.78 is 12.1. The highest BCUT2D eigenvalue weighted by Crippen LogP contribution is 2.34. The van der Waals surface area contributed by atoms with Crippen molar-refractivity contribution in [3.05, 3.63) is 33.5 Å². The van der Waals surface area contributed by atoms with Crippen LogP contribution in [0.2, 0.25) is 0 Å². The van der Waals surface area contributed by atoms with Crippen LogP contribution in [0.25, 0.3) is 0 Å². The van der Waals surface area contributed by atoms with Crippen molar-refractivity contribution >= 4 is 45.6 Å². The maximum absolute atomic E-state index is 12.4. The molecule has 0 saturated heterocycles. The summed E-state index contributed by atoms with van der Waals surface area (Å²) in [6.45, 7) is 10.9. The van der Waals surface area contributed by atoms with Gasteiger partial charge < -0.3 is 20.1 Å². The van der Waals surface area contributed by atoms with E-state index >= 15 is 0 Å². The summed E-state index contributed by atoms with van der Waals surface area (Å²) in [6, 6.07) is 0. The third kappa shape index (κ3) is 5.33. The number of aromatic nitrogens is 2. The summed E-state index contributed by atoms with van der Waals surface area (Å²) in [4.78, 5) is 25.0. The van der Waals surface area contributed by atoms with Crippen LogP contribution in [0.1, 0.15) is 57.6 Å². The molecule has 158 valence electrons. The van der Waals surface area contributed by atoms with E-state index < -0.39 is 11.9 Å². The molecule has 0 amide bonds. The van der Waals surface area contributed by atoms with Gasteiger partial charge >= 0.3 is 11.9 Å². The highest BCUT2D eigenvalue weighted by atomic mass is 32.1. The van der Waals surface area contributed by atoms with E-state index in [0.717, 1.165) is 29.1 Å². The fourth-order valence-electron chi connectivity index (χ4n) is 2.74. The van der Waals surface area contributed by atoms with Gasteiger partial charge in [-0.2, -0.15) is 5.10 Å². The molecule has 2 heterocycles. The Balaban J connectivity index is 2.19. The molecule has 2 rings (SSSR count). The smallest absolute Gasteiger partial charge is 0.348 e. The molecule has 8 nitrogen and oxygen atoms in total. The van der Waals surface area contributed by atoms with Crippen LogP contribution in [0.4, 0.5) is 5.00 Å². The van der Waals surface area contributed by atoms with Crippen molar-refractivity contribution in [1.82, 2.24) is 15.1 Å². The molecule has 2 aromatic heterocycles. The largest absolute Gasteiger partial charge is 0.462 e. The van der Waals surface area contributed by atoms with Gasteiger partial charge in [-0.05, 0) is 52.4 Å². The number of nitrogens with one attached hydrogen (secondary N) is 2. The minimum absolute atomic E-state index is 0.228. The lowest BCUT2D eigenvalue weighted by Gasteiger charge is -2.11. The normalized spacial score (nSPS) is 10.5. The zero-order valence-corrected chi connectivity index (χ0v) is 18.9. The molecular formula is C19H26N4O4S2. The Bertz CT molecular complexity index is 904. The van der Waals surface area contributed by atoms with Gasteiger partial charge in [-0.1, -0.05) is 0 Å². The van der Waals surface area contributed by atoms with Gasteiger partial charge in [0.2, 0.25) is 0 Å². The van der Waals surface area contributed by atoms with Gasteiger partial charge in [-0.3, -0.25) is 4.68 Å². The third-order valence-electron chi connectivity index (χ3n) is 4.26. The summed E-state index contributed by atoms with van der Waals surface area (Å²) in [5.74, 6) is -0.989. The molecule has 0 aliphatic carbocycles. The Hall–Kier alpha value is -2.46. The first-order valence-electron chi connectivity index (χ1n) is 9.37. The van der Waals surface area contributed by atoms with Crippen LogP contribution in [0, 0.1) is 13.8 Å². The van der Waals surface area contributed by atoms with Crippen molar-refractivity contribution in [1.29, 1.82) is 0 Å². The molecule has 0 atom stereocenters. The highest BCUT2D eigenvalue weighted by molar-refractivity contribution is 7.80. The summed E-state index contributed by atoms with van der Waals surface area (Å²) in [6.07, 6.45) is 1.80. The number of hydrogen-bond donors (Lipinski definition) is 2. The fourth-order valence-corrected chi connectivity index (χ4v) is 4.07. The van der Waals surface area contributed by atoms with Crippen molar-refractivity contribution in [2.45, 2.75) is 47.7 Å². The maximum atomic E-state index is 12.4. The molecule has 0 aliphatic rings. The van der Waals surface area contributed by atoms with E-state index in [0.29, 0.717) is 32.7 Å². The average molecular weight is 439 g/mol. The minimum Gasteiger partial charge on any atom is -0.462 e. The molecule has 0 spiro atoms. The zero-order valence-electron chi connectivity index (χ0n) is 17.2. The number of thiophene rings is 1. The summed E-state index contributed by atoms with van der Waals surface area (Å²) >= 11 is 6.50. The van der Waals surface area contributed by atoms with Gasteiger partial charge in [0.15, 0.2) is 5.11 Å². The average Bonchev–Trinajstić information content (AvgIpc) is 3.19. The Morgan fingerprint density at radius 3 is 2.41 bits per heavy atom. The second kappa shape index (κ2) is 10.4. The number of rotatable bonds is 8. The van der Waals surface area contributed by atoms with Crippen molar-refractivity contribution in [2.75, 3.05) is 18.5 Å². The van der Waals surface area contributed by atoms with E-state index in [-0.39, 0.29) is 13.2 Å². The Kier molecular flexibility index (Phi) is 8.15. The SMILES string of the molecule is CCOC(=O)c1sc(NC(=S)NCc2cnn(CC)c2C)c(C(=O)OCC)c1C. The van der Waals surface area contributed by atoms with E-state index in [1.54, 1.807) is 27.0 Å². The number of carbonyl (C=O) groups is 2. The number of aryl methyl sites for hydroxylation is 1. The second-order valence-corrected chi connectivity index (χ2v) is 7.51. The molecule has 0 saturated carbocycles. The van der Waals surface area contributed by atoms with Gasteiger partial charge in [0.1, 0.15) is 9.88 Å². The number of hydrogen-bond acceptors (Lipinski definition) is 7. The first-order chi connectivity index (χ1) is 13.8. The molecule has 0 unspecified atom stereocenters. The lowest BCUT2D eigenvalue weighted by molar-refractivity contribution is 0.0527. The van der Waals surface area contributed by atoms with E-state index in [2.05, 4.69) is 15.7 Å². The molecule has 0 bridgehead atoms. The quantitative estimate of drug-likeness (QED) is 0.478. The van der Waals surface area contributed by atoms with E-state index in [1.165, 1.54) is 0 Å². The number of nitrogens with zero attached hydrogens (tertiary/aromatic N) is 2. The van der Waals surface area contributed by atoms with Crippen LogP contribution < -0.4 is 10.6 Å². The number of anilines is 1. The molecular weight excluding hydrogens is 412 g/mol. The molecule has 2 aromatic rings. The fraction of sp³-hybridized carbons (Fsp3) is 0.474. The van der Waals surface area contributed by atoms with Crippen molar-refractivity contribution in [2.24, 2.45) is 0 Å². The van der Waals surface area contributed by atoms with Crippen molar-refractivity contribution in [3.63, 3.8) is 0 Å². The first kappa shape index (κ1) is 22.8. The summed E-state index contributed by atoms with van der Waals surface area (Å²) in [5.41, 5.74) is 2.89. The zero-order chi connectivity index (χ0) is 21.6. The Morgan fingerprint density at radius 2 is 1.83 bits per heavy atom. The predicted octanol–water partition coefficient (Wildman–Crippen LogP) is 3.42. The van der Waals surface area contributed by atoms with Crippen LogP contribution in [0.5, 0.6) is 0 Å². The van der Waals surface area contributed by atoms with E-state index in [1.807, 2.05) is 18.5 Å². The summed E-state index contributed by atoms with van der Waals surface area (Å²) in [5, 5.41) is 11.2. The molecule has 0 aromatic carbocycles. The van der Waals surface area contributed by atoms with Gasteiger partial charge in [0.05, 0.1) is 25.0 Å². The highest BCUT2D eigenvalue weighted by Gasteiger charge is 2.26. The number of esters is 2. The standard InChI is InChI=1S/C19H26N4O4S2/c1-6-23-12(5)13(10-21-23)9-20-19(28)22-16-14(17(24)26-7-2)11(4)15(29-16)18(25)27-8-3/h10H,6-9H2,1-5H3,(H2,20,22,28). The number of carbonyl (C=O) groups excluding carboxylic acids is 2. The Morgan fingerprint density at radius 1 is 1.17 bits per heavy atom. The summed E-state index contributed by atoms with van der Waals surface area (Å²) in [7, 11) is 0. The van der Waals surface area contributed by atoms with E-state index in [9.17, 15) is 9.59 Å². The van der Waals surface area contributed by atoms with Gasteiger partial charge in [0, 0.05) is 24.3 Å². The van der Waals surface area contributed by atoms with Crippen molar-refractivity contribution < 1.29 is 19.1 Å². The number of ether oxygens (including phenoxy) is 2. The molecule has 0 radical (unpaired) electrons. The maximum Gasteiger partial charge on any atom is 0.348 e. The van der Waals surface area contributed by atoms with Gasteiger partial charge in [0.25, 0.3) is 0 Å². The third-order valence-corrected chi connectivity index (χ3v) is 5.69. The van der Waals surface area contributed by atoms with Crippen LogP contribution in [0.3, 0.4) is 0 Å². The van der Waals surface area contributed by atoms with E-state index in [4.69, 9.17) is 21.7 Å². The minimum atomic E-state index is -0.512. The van der Waals surface area contributed by atoms with Crippen LogP contribution in [0.15, 0.2) is 6.20 Å². The monoisotopic (exact) mass is 438 g/mol. The number of thiocarbonyl (C=S) groups is 1. The van der Waals surface area contributed by atoms with Crippen LogP contribution in [-0.2, 0) is 22.6 Å². The van der Waals surface area contributed by atoms with Crippen LogP contribution in [-0.4, -0.2) is 40.0 Å². The molecule has 29 heavy (non-hydrogen) atoms. The van der Waals surface area contributed by atoms with Gasteiger partial charge in [-0.15, -0.1) is 11.3 Å². The lowest BCUT2D eigenvalue weighted by Crippen LogP contribution is -2.28. The lowest BCUT2D eigenvalue weighted by atomic mass is 10.1. The molecule has 0 fully saturated rings. The Labute approximate surface area is 179 Å². The predicted molar refractivity (Wildman–Crippen MR) is 117 cm³/mol. The first-order valence-corrected chi connectivity index (χ1v) is 10.6. The molecule has 2 N–H and O–H groups in total. The second-order valence-electron chi connectivity index (χ2n) is 6.08. The molecule has 0 aliphatic heterocycles. The molecule has 10 heteroatoms. The van der Waals surface area contributed by atoms with Gasteiger partial charge in [-0.25, -0.2) is 9.59 Å². The van der Waals surface area contributed by atoms with Crippen molar-refractivity contribution in [3.8, 4) is 0 Å².